The largest absolute Gasteiger partial charge is 0.293 e. The van der Waals surface area contributed by atoms with Crippen molar-refractivity contribution < 1.29 is 4.79 Å². The molecule has 0 amide bonds. The van der Waals surface area contributed by atoms with Crippen LogP contribution in [0.15, 0.2) is 22.8 Å². The van der Waals surface area contributed by atoms with Crippen LogP contribution < -0.4 is 0 Å². The number of carbonyl (C=O) groups excluding carboxylic acids is 1. The average Bonchev–Trinajstić information content (AvgIpc) is 2.05. The van der Waals surface area contributed by atoms with Crippen molar-refractivity contribution in [1.82, 2.24) is 4.98 Å². The van der Waals surface area contributed by atoms with Crippen molar-refractivity contribution >= 4 is 29.6 Å². The molecular formula is C7H5BBrNO. The van der Waals surface area contributed by atoms with Gasteiger partial charge in [-0.25, -0.2) is 0 Å². The highest BCUT2D eigenvalue weighted by molar-refractivity contribution is 9.10. The Hall–Kier alpha value is -0.635. The van der Waals surface area contributed by atoms with E-state index in [0.29, 0.717) is 5.69 Å². The van der Waals surface area contributed by atoms with Gasteiger partial charge in [-0.1, -0.05) is 0 Å². The van der Waals surface area contributed by atoms with E-state index < -0.39 is 0 Å². The summed E-state index contributed by atoms with van der Waals surface area (Å²) in [4.78, 5) is 14.8. The van der Waals surface area contributed by atoms with E-state index in [1.54, 1.807) is 18.3 Å². The van der Waals surface area contributed by atoms with Crippen molar-refractivity contribution in [3.63, 3.8) is 0 Å². The third-order valence-corrected chi connectivity index (χ3v) is 1.67. The first-order valence-corrected chi connectivity index (χ1v) is 3.88. The molecule has 0 N–H and O–H groups in total. The zero-order valence-electron chi connectivity index (χ0n) is 5.75. The van der Waals surface area contributed by atoms with Gasteiger partial charge in [0.2, 0.25) is 0 Å². The number of hydrogen-bond acceptors (Lipinski definition) is 2. The molecule has 1 rings (SSSR count). The fourth-order valence-electron chi connectivity index (χ4n) is 0.645. The lowest BCUT2D eigenvalue weighted by molar-refractivity contribution is 0.101. The van der Waals surface area contributed by atoms with Gasteiger partial charge in [0.05, 0.1) is 7.85 Å². The van der Waals surface area contributed by atoms with Gasteiger partial charge in [0.25, 0.3) is 0 Å². The molecule has 0 spiro atoms. The average molecular weight is 210 g/mol. The predicted molar refractivity (Wildman–Crippen MR) is 46.8 cm³/mol. The normalized spacial score (nSPS) is 9.55. The zero-order chi connectivity index (χ0) is 8.27. The van der Waals surface area contributed by atoms with Gasteiger partial charge in [0, 0.05) is 10.7 Å². The van der Waals surface area contributed by atoms with E-state index in [4.69, 9.17) is 7.85 Å². The highest BCUT2D eigenvalue weighted by atomic mass is 79.9. The van der Waals surface area contributed by atoms with E-state index in [2.05, 4.69) is 20.9 Å². The molecule has 0 aliphatic carbocycles. The lowest BCUT2D eigenvalue weighted by Gasteiger charge is -1.95. The van der Waals surface area contributed by atoms with E-state index in [1.807, 2.05) is 0 Å². The Labute approximate surface area is 74.6 Å². The second-order valence-corrected chi connectivity index (χ2v) is 2.90. The number of halogens is 1. The number of rotatable bonds is 2. The van der Waals surface area contributed by atoms with Crippen molar-refractivity contribution in [3.8, 4) is 0 Å². The molecule has 2 nitrogen and oxygen atoms in total. The number of Topliss-reactive ketones (excluding diaryl/α,β-unsaturated/α-hetero) is 1. The first kappa shape index (κ1) is 8.46. The third kappa shape index (κ3) is 2.15. The summed E-state index contributed by atoms with van der Waals surface area (Å²) in [5.74, 6) is -0.141. The number of pyridine rings is 1. The van der Waals surface area contributed by atoms with E-state index >= 15 is 0 Å². The first-order valence-electron chi connectivity index (χ1n) is 3.09. The van der Waals surface area contributed by atoms with Gasteiger partial charge in [0.1, 0.15) is 5.69 Å². The van der Waals surface area contributed by atoms with Gasteiger partial charge in [-0.2, -0.15) is 0 Å². The number of ketones is 1. The molecule has 0 bridgehead atoms. The van der Waals surface area contributed by atoms with Crippen LogP contribution >= 0.6 is 15.9 Å². The summed E-state index contributed by atoms with van der Waals surface area (Å²) in [6.07, 6.45) is 1.58. The van der Waals surface area contributed by atoms with Crippen LogP contribution in [0.2, 0.25) is 6.32 Å². The van der Waals surface area contributed by atoms with E-state index in [9.17, 15) is 4.79 Å². The smallest absolute Gasteiger partial charge is 0.172 e. The molecule has 1 heterocycles. The fraction of sp³-hybridized carbons (Fsp3) is 0.143. The molecule has 1 aromatic rings. The van der Waals surface area contributed by atoms with E-state index in [-0.39, 0.29) is 12.1 Å². The van der Waals surface area contributed by atoms with Crippen LogP contribution in [0.4, 0.5) is 0 Å². The second-order valence-electron chi connectivity index (χ2n) is 1.99. The Morgan fingerprint density at radius 3 is 2.82 bits per heavy atom. The van der Waals surface area contributed by atoms with Crippen LogP contribution in [0.1, 0.15) is 10.5 Å². The summed E-state index contributed by atoms with van der Waals surface area (Å²) in [5, 5.41) is 0. The Morgan fingerprint density at radius 2 is 2.36 bits per heavy atom. The minimum absolute atomic E-state index is 0.00856. The summed E-state index contributed by atoms with van der Waals surface area (Å²) >= 11 is 3.21. The van der Waals surface area contributed by atoms with Crippen LogP contribution in [-0.4, -0.2) is 18.6 Å². The number of hydrogen-bond donors (Lipinski definition) is 0. The van der Waals surface area contributed by atoms with Crippen LogP contribution in [0, 0.1) is 0 Å². The maximum absolute atomic E-state index is 10.9. The monoisotopic (exact) mass is 209 g/mol. The predicted octanol–water partition coefficient (Wildman–Crippen LogP) is 1.61. The molecule has 0 saturated carbocycles. The minimum atomic E-state index is -0.141. The van der Waals surface area contributed by atoms with Gasteiger partial charge >= 0.3 is 0 Å². The van der Waals surface area contributed by atoms with Crippen molar-refractivity contribution in [2.24, 2.45) is 0 Å². The van der Waals surface area contributed by atoms with E-state index in [1.165, 1.54) is 0 Å². The highest BCUT2D eigenvalue weighted by Crippen LogP contribution is 2.08. The summed E-state index contributed by atoms with van der Waals surface area (Å²) in [7, 11) is 5.14. The standard InChI is InChI=1S/C7H5BBrNO/c8-3-7(11)6-2-1-5(9)4-10-6/h1-2,4H,3H2. The van der Waals surface area contributed by atoms with Gasteiger partial charge in [0.15, 0.2) is 5.78 Å². The van der Waals surface area contributed by atoms with Crippen molar-refractivity contribution in [2.45, 2.75) is 6.32 Å². The fourth-order valence-corrected chi connectivity index (χ4v) is 0.880. The molecular weight excluding hydrogens is 205 g/mol. The van der Waals surface area contributed by atoms with Crippen LogP contribution in [0.25, 0.3) is 0 Å². The highest BCUT2D eigenvalue weighted by Gasteiger charge is 2.01. The summed E-state index contributed by atoms with van der Waals surface area (Å²) in [6.45, 7) is 0. The SMILES string of the molecule is [B]CC(=O)c1ccc(Br)cn1. The molecule has 1 aromatic heterocycles. The Kier molecular flexibility index (Phi) is 2.82. The Balaban J connectivity index is 2.90. The first-order chi connectivity index (χ1) is 5.24. The molecule has 11 heavy (non-hydrogen) atoms. The lowest BCUT2D eigenvalue weighted by atomic mass is 9.99. The molecule has 0 aromatic carbocycles. The van der Waals surface area contributed by atoms with Crippen molar-refractivity contribution in [1.29, 1.82) is 0 Å². The molecule has 0 saturated heterocycles. The number of nitrogens with zero attached hydrogens (tertiary/aromatic N) is 1. The summed E-state index contributed by atoms with van der Waals surface area (Å²) in [5.41, 5.74) is 0.413. The molecule has 0 aliphatic heterocycles. The second kappa shape index (κ2) is 3.67. The number of aromatic nitrogens is 1. The molecule has 2 radical (unpaired) electrons. The van der Waals surface area contributed by atoms with Crippen molar-refractivity contribution in [3.05, 3.63) is 28.5 Å². The molecule has 0 unspecified atom stereocenters. The van der Waals surface area contributed by atoms with Crippen LogP contribution in [0.5, 0.6) is 0 Å². The molecule has 4 heteroatoms. The van der Waals surface area contributed by atoms with E-state index in [0.717, 1.165) is 4.47 Å². The maximum Gasteiger partial charge on any atom is 0.172 e. The molecule has 0 fully saturated rings. The molecule has 0 atom stereocenters. The van der Waals surface area contributed by atoms with Gasteiger partial charge in [-0.15, -0.1) is 0 Å². The van der Waals surface area contributed by atoms with Gasteiger partial charge in [-0.3, -0.25) is 9.78 Å². The summed E-state index contributed by atoms with van der Waals surface area (Å²) in [6, 6.07) is 3.40. The maximum atomic E-state index is 10.9. The number of carbonyl (C=O) groups is 1. The van der Waals surface area contributed by atoms with Crippen LogP contribution in [-0.2, 0) is 0 Å². The van der Waals surface area contributed by atoms with Gasteiger partial charge in [-0.05, 0) is 34.4 Å². The minimum Gasteiger partial charge on any atom is -0.293 e. The lowest BCUT2D eigenvalue weighted by Crippen LogP contribution is -1.99. The van der Waals surface area contributed by atoms with Gasteiger partial charge < -0.3 is 0 Å². The van der Waals surface area contributed by atoms with Crippen LogP contribution in [0.3, 0.4) is 0 Å². The third-order valence-electron chi connectivity index (χ3n) is 1.20. The Bertz CT molecular complexity index is 260. The quantitative estimate of drug-likeness (QED) is 0.548. The van der Waals surface area contributed by atoms with Crippen molar-refractivity contribution in [2.75, 3.05) is 0 Å². The summed E-state index contributed by atoms with van der Waals surface area (Å²) < 4.78 is 0.853. The topological polar surface area (TPSA) is 30.0 Å². The molecule has 54 valence electrons. The molecule has 0 aliphatic rings. The Morgan fingerprint density at radius 1 is 1.64 bits per heavy atom. The zero-order valence-corrected chi connectivity index (χ0v) is 7.34.